The molecule has 4 amide bonds. The Morgan fingerprint density at radius 2 is 1.84 bits per heavy atom. The van der Waals surface area contributed by atoms with E-state index in [0.717, 1.165) is 6.42 Å². The summed E-state index contributed by atoms with van der Waals surface area (Å²) in [4.78, 5) is 40.2. The highest BCUT2D eigenvalue weighted by atomic mass is 16.5. The highest BCUT2D eigenvalue weighted by Crippen LogP contribution is 2.33. The number of esters is 1. The molecule has 2 aromatic carbocycles. The van der Waals surface area contributed by atoms with Crippen molar-refractivity contribution < 1.29 is 28.6 Å². The molecule has 1 atom stereocenters. The van der Waals surface area contributed by atoms with E-state index in [2.05, 4.69) is 16.0 Å². The first-order valence-electron chi connectivity index (χ1n) is 12.1. The molecule has 37 heavy (non-hydrogen) atoms. The van der Waals surface area contributed by atoms with E-state index in [1.54, 1.807) is 75.2 Å². The van der Waals surface area contributed by atoms with Crippen LogP contribution < -0.4 is 25.4 Å². The molecule has 1 unspecified atom stereocenters. The van der Waals surface area contributed by atoms with Crippen molar-refractivity contribution in [1.29, 1.82) is 0 Å². The van der Waals surface area contributed by atoms with Crippen molar-refractivity contribution >= 4 is 29.4 Å². The van der Waals surface area contributed by atoms with Crippen LogP contribution in [0.5, 0.6) is 11.5 Å². The number of urea groups is 2. The Balaban J connectivity index is 1.87. The van der Waals surface area contributed by atoms with Crippen molar-refractivity contribution in [3.8, 4) is 11.5 Å². The summed E-state index contributed by atoms with van der Waals surface area (Å²) in [5, 5.41) is 8.46. The van der Waals surface area contributed by atoms with E-state index in [-0.39, 0.29) is 12.1 Å². The van der Waals surface area contributed by atoms with Gasteiger partial charge in [-0.2, -0.15) is 0 Å². The lowest BCUT2D eigenvalue weighted by molar-refractivity contribution is -0.143. The van der Waals surface area contributed by atoms with Gasteiger partial charge in [0.25, 0.3) is 0 Å². The summed E-state index contributed by atoms with van der Waals surface area (Å²) in [7, 11) is 3.04. The molecule has 1 aliphatic rings. The van der Waals surface area contributed by atoms with Crippen LogP contribution in [-0.2, 0) is 9.53 Å². The Labute approximate surface area is 217 Å². The molecular formula is C27H34N4O6. The maximum atomic E-state index is 13.1. The third-order valence-corrected chi connectivity index (χ3v) is 5.74. The standard InChI is InChI=1S/C27H34N4O6/c1-7-13-31-17(4)23(25(32)37-16(2)3)24(30-27(31)34)18-9-8-10-19(14-18)28-26(33)29-21-12-11-20(35-5)15-22(21)36-6/h8-12,14-16,24H,7,13H2,1-6H3,(H,30,34)(H2,28,29,33). The topological polar surface area (TPSA) is 118 Å². The summed E-state index contributed by atoms with van der Waals surface area (Å²) in [5.74, 6) is 0.540. The van der Waals surface area contributed by atoms with E-state index in [0.29, 0.717) is 46.3 Å². The number of nitrogens with one attached hydrogen (secondary N) is 3. The van der Waals surface area contributed by atoms with Gasteiger partial charge in [0.05, 0.1) is 37.6 Å². The molecular weight excluding hydrogens is 476 g/mol. The number of amides is 4. The summed E-state index contributed by atoms with van der Waals surface area (Å²) < 4.78 is 16.0. The first-order valence-corrected chi connectivity index (χ1v) is 12.1. The van der Waals surface area contributed by atoms with Gasteiger partial charge < -0.3 is 30.2 Å². The fourth-order valence-electron chi connectivity index (χ4n) is 4.05. The van der Waals surface area contributed by atoms with Crippen LogP contribution in [0.25, 0.3) is 0 Å². The van der Waals surface area contributed by atoms with Gasteiger partial charge in [-0.15, -0.1) is 0 Å². The van der Waals surface area contributed by atoms with Gasteiger partial charge in [0.1, 0.15) is 11.5 Å². The van der Waals surface area contributed by atoms with Gasteiger partial charge >= 0.3 is 18.0 Å². The lowest BCUT2D eigenvalue weighted by atomic mass is 9.94. The van der Waals surface area contributed by atoms with Crippen molar-refractivity contribution in [2.24, 2.45) is 0 Å². The third-order valence-electron chi connectivity index (χ3n) is 5.74. The number of allylic oxidation sites excluding steroid dienone is 1. The molecule has 0 radical (unpaired) electrons. The normalized spacial score (nSPS) is 15.3. The van der Waals surface area contributed by atoms with Crippen molar-refractivity contribution in [2.75, 3.05) is 31.4 Å². The lowest BCUT2D eigenvalue weighted by Gasteiger charge is -2.35. The minimum Gasteiger partial charge on any atom is -0.497 e. The second-order valence-electron chi connectivity index (χ2n) is 8.76. The first-order chi connectivity index (χ1) is 17.7. The minimum absolute atomic E-state index is 0.298. The van der Waals surface area contributed by atoms with Gasteiger partial charge in [-0.3, -0.25) is 4.90 Å². The number of carbonyl (C=O) groups is 3. The van der Waals surface area contributed by atoms with Gasteiger partial charge in [-0.1, -0.05) is 19.1 Å². The average Bonchev–Trinajstić information content (AvgIpc) is 2.86. The molecule has 0 aliphatic carbocycles. The first kappa shape index (κ1) is 27.4. The lowest BCUT2D eigenvalue weighted by Crippen LogP contribution is -2.48. The number of nitrogens with zero attached hydrogens (tertiary/aromatic N) is 1. The predicted octanol–water partition coefficient (Wildman–Crippen LogP) is 5.05. The molecule has 10 nitrogen and oxygen atoms in total. The maximum absolute atomic E-state index is 13.1. The van der Waals surface area contributed by atoms with E-state index in [4.69, 9.17) is 14.2 Å². The molecule has 3 rings (SSSR count). The Hall–Kier alpha value is -4.21. The highest BCUT2D eigenvalue weighted by molar-refractivity contribution is 6.01. The van der Waals surface area contributed by atoms with Crippen LogP contribution in [0, 0.1) is 0 Å². The van der Waals surface area contributed by atoms with Crippen LogP contribution in [0.4, 0.5) is 21.0 Å². The van der Waals surface area contributed by atoms with Crippen LogP contribution in [0.2, 0.25) is 0 Å². The number of ether oxygens (including phenoxy) is 3. The van der Waals surface area contributed by atoms with E-state index in [1.165, 1.54) is 7.11 Å². The van der Waals surface area contributed by atoms with Crippen LogP contribution in [0.3, 0.4) is 0 Å². The molecule has 0 saturated heterocycles. The van der Waals surface area contributed by atoms with Gasteiger partial charge in [0.2, 0.25) is 0 Å². The summed E-state index contributed by atoms with van der Waals surface area (Å²) >= 11 is 0. The van der Waals surface area contributed by atoms with Crippen LogP contribution >= 0.6 is 0 Å². The van der Waals surface area contributed by atoms with Crippen LogP contribution in [0.1, 0.15) is 45.7 Å². The molecule has 2 aromatic rings. The van der Waals surface area contributed by atoms with Crippen molar-refractivity contribution in [3.63, 3.8) is 0 Å². The molecule has 198 valence electrons. The zero-order valence-corrected chi connectivity index (χ0v) is 22.0. The number of methoxy groups -OCH3 is 2. The zero-order valence-electron chi connectivity index (χ0n) is 22.0. The zero-order chi connectivity index (χ0) is 27.1. The fraction of sp³-hybridized carbons (Fsp3) is 0.370. The number of hydrogen-bond donors (Lipinski definition) is 3. The largest absolute Gasteiger partial charge is 0.497 e. The van der Waals surface area contributed by atoms with E-state index in [1.807, 2.05) is 6.92 Å². The summed E-state index contributed by atoms with van der Waals surface area (Å²) in [6.07, 6.45) is 0.410. The SMILES string of the molecule is CCCN1C(=O)NC(c2cccc(NC(=O)Nc3ccc(OC)cc3OC)c2)C(C(=O)OC(C)C)=C1C. The molecule has 0 aromatic heterocycles. The van der Waals surface area contributed by atoms with Crippen molar-refractivity contribution in [3.05, 3.63) is 59.3 Å². The Bertz CT molecular complexity index is 1190. The predicted molar refractivity (Wildman–Crippen MR) is 141 cm³/mol. The summed E-state index contributed by atoms with van der Waals surface area (Å²) in [6.45, 7) is 7.72. The average molecular weight is 511 g/mol. The number of hydrogen-bond acceptors (Lipinski definition) is 6. The summed E-state index contributed by atoms with van der Waals surface area (Å²) in [6, 6.07) is 10.5. The summed E-state index contributed by atoms with van der Waals surface area (Å²) in [5.41, 5.74) is 2.46. The number of benzene rings is 2. The molecule has 0 fully saturated rings. The van der Waals surface area contributed by atoms with Crippen molar-refractivity contribution in [2.45, 2.75) is 46.3 Å². The van der Waals surface area contributed by atoms with E-state index >= 15 is 0 Å². The minimum atomic E-state index is -0.738. The second-order valence-corrected chi connectivity index (χ2v) is 8.76. The maximum Gasteiger partial charge on any atom is 0.338 e. The Morgan fingerprint density at radius 3 is 2.49 bits per heavy atom. The number of rotatable bonds is 9. The van der Waals surface area contributed by atoms with Gasteiger partial charge in [0, 0.05) is 24.0 Å². The van der Waals surface area contributed by atoms with Gasteiger partial charge in [0.15, 0.2) is 0 Å². The van der Waals surface area contributed by atoms with E-state index in [9.17, 15) is 14.4 Å². The quantitative estimate of drug-likeness (QED) is 0.406. The number of carbonyl (C=O) groups excluding carboxylic acids is 3. The number of anilines is 2. The van der Waals surface area contributed by atoms with E-state index < -0.39 is 18.0 Å². The molecule has 0 saturated carbocycles. The van der Waals surface area contributed by atoms with Crippen LogP contribution in [-0.4, -0.2) is 49.8 Å². The molecule has 10 heteroatoms. The third kappa shape index (κ3) is 6.52. The smallest absolute Gasteiger partial charge is 0.338 e. The van der Waals surface area contributed by atoms with Crippen LogP contribution in [0.15, 0.2) is 53.7 Å². The Kier molecular flexibility index (Phi) is 9.00. The van der Waals surface area contributed by atoms with Gasteiger partial charge in [-0.05, 0) is 57.0 Å². The molecule has 1 heterocycles. The molecule has 0 spiro atoms. The van der Waals surface area contributed by atoms with Crippen molar-refractivity contribution in [1.82, 2.24) is 10.2 Å². The monoisotopic (exact) mass is 510 g/mol. The second kappa shape index (κ2) is 12.2. The molecule has 0 bridgehead atoms. The fourth-order valence-corrected chi connectivity index (χ4v) is 4.05. The molecule has 3 N–H and O–H groups in total. The highest BCUT2D eigenvalue weighted by Gasteiger charge is 2.36. The van der Waals surface area contributed by atoms with Gasteiger partial charge in [-0.25, -0.2) is 14.4 Å². The Morgan fingerprint density at radius 1 is 1.08 bits per heavy atom. The molecule has 1 aliphatic heterocycles.